The maximum absolute atomic E-state index is 9.70. The summed E-state index contributed by atoms with van der Waals surface area (Å²) < 4.78 is 0. The van der Waals surface area contributed by atoms with Gasteiger partial charge in [-0.1, -0.05) is 19.9 Å². The van der Waals surface area contributed by atoms with Gasteiger partial charge in [-0.3, -0.25) is 0 Å². The Morgan fingerprint density at radius 1 is 1.37 bits per heavy atom. The van der Waals surface area contributed by atoms with Gasteiger partial charge in [-0.05, 0) is 44.2 Å². The smallest absolute Gasteiger partial charge is 0.128 e. The number of rotatable bonds is 4. The molecule has 0 saturated carbocycles. The number of anilines is 1. The van der Waals surface area contributed by atoms with E-state index in [0.29, 0.717) is 0 Å². The molecule has 0 radical (unpaired) electrons. The number of pyridine rings is 1. The molecule has 3 heteroatoms. The standard InChI is InChI=1S/C16H26N2O/c1-4-14-13(3)7-8-15(17-14)18-10-6-9-16(5-2,11-18)12-19/h7-8,19H,4-6,9-12H2,1-3H3/t16-/m1/s1. The molecule has 0 aliphatic carbocycles. The summed E-state index contributed by atoms with van der Waals surface area (Å²) >= 11 is 0. The molecule has 1 fully saturated rings. The maximum atomic E-state index is 9.70. The van der Waals surface area contributed by atoms with Crippen molar-refractivity contribution in [3.05, 3.63) is 23.4 Å². The molecule has 106 valence electrons. The molecule has 2 heterocycles. The molecule has 19 heavy (non-hydrogen) atoms. The van der Waals surface area contributed by atoms with Crippen LogP contribution in [0.1, 0.15) is 44.4 Å². The molecule has 0 unspecified atom stereocenters. The van der Waals surface area contributed by atoms with Crippen LogP contribution in [0.15, 0.2) is 12.1 Å². The lowest BCUT2D eigenvalue weighted by molar-refractivity contribution is 0.101. The van der Waals surface area contributed by atoms with E-state index in [2.05, 4.69) is 37.8 Å². The second kappa shape index (κ2) is 5.91. The van der Waals surface area contributed by atoms with E-state index in [1.54, 1.807) is 0 Å². The Morgan fingerprint density at radius 3 is 2.79 bits per heavy atom. The van der Waals surface area contributed by atoms with Crippen molar-refractivity contribution < 1.29 is 5.11 Å². The first-order valence-corrected chi connectivity index (χ1v) is 7.46. The fourth-order valence-electron chi connectivity index (χ4n) is 3.03. The van der Waals surface area contributed by atoms with Gasteiger partial charge in [-0.25, -0.2) is 4.98 Å². The Bertz CT molecular complexity index is 427. The molecule has 0 bridgehead atoms. The van der Waals surface area contributed by atoms with Gasteiger partial charge >= 0.3 is 0 Å². The highest BCUT2D eigenvalue weighted by Gasteiger charge is 2.33. The zero-order chi connectivity index (χ0) is 13.9. The van der Waals surface area contributed by atoms with Crippen LogP contribution >= 0.6 is 0 Å². The molecular weight excluding hydrogens is 236 g/mol. The summed E-state index contributed by atoms with van der Waals surface area (Å²) in [6, 6.07) is 4.29. The minimum atomic E-state index is 0.0667. The van der Waals surface area contributed by atoms with Crippen LogP contribution in [0.5, 0.6) is 0 Å². The van der Waals surface area contributed by atoms with Crippen molar-refractivity contribution in [2.75, 3.05) is 24.6 Å². The topological polar surface area (TPSA) is 36.4 Å². The van der Waals surface area contributed by atoms with Crippen LogP contribution in [0, 0.1) is 12.3 Å². The second-order valence-corrected chi connectivity index (χ2v) is 5.82. The quantitative estimate of drug-likeness (QED) is 0.906. The van der Waals surface area contributed by atoms with Crippen LogP contribution in [-0.2, 0) is 6.42 Å². The zero-order valence-electron chi connectivity index (χ0n) is 12.4. The molecular formula is C16H26N2O. The monoisotopic (exact) mass is 262 g/mol. The van der Waals surface area contributed by atoms with E-state index in [0.717, 1.165) is 44.6 Å². The Balaban J connectivity index is 2.22. The fourth-order valence-corrected chi connectivity index (χ4v) is 3.03. The van der Waals surface area contributed by atoms with Gasteiger partial charge in [0.05, 0.1) is 6.61 Å². The number of nitrogens with zero attached hydrogens (tertiary/aromatic N) is 2. The third-order valence-electron chi connectivity index (χ3n) is 4.59. The fraction of sp³-hybridized carbons (Fsp3) is 0.688. The Kier molecular flexibility index (Phi) is 4.46. The van der Waals surface area contributed by atoms with E-state index in [-0.39, 0.29) is 12.0 Å². The third kappa shape index (κ3) is 2.92. The normalized spacial score (nSPS) is 23.7. The Morgan fingerprint density at radius 2 is 2.16 bits per heavy atom. The highest BCUT2D eigenvalue weighted by molar-refractivity contribution is 5.42. The first kappa shape index (κ1) is 14.3. The number of aromatic nitrogens is 1. The predicted octanol–water partition coefficient (Wildman–Crippen LogP) is 2.94. The molecule has 1 saturated heterocycles. The van der Waals surface area contributed by atoms with Crippen LogP contribution in [0.3, 0.4) is 0 Å². The van der Waals surface area contributed by atoms with E-state index in [9.17, 15) is 5.11 Å². The number of hydrogen-bond acceptors (Lipinski definition) is 3. The molecule has 1 aliphatic heterocycles. The molecule has 1 aromatic heterocycles. The molecule has 1 aromatic rings. The number of piperidine rings is 1. The van der Waals surface area contributed by atoms with Gasteiger partial charge in [0.25, 0.3) is 0 Å². The summed E-state index contributed by atoms with van der Waals surface area (Å²) in [5, 5.41) is 9.70. The lowest BCUT2D eigenvalue weighted by atomic mass is 9.78. The maximum Gasteiger partial charge on any atom is 0.128 e. The van der Waals surface area contributed by atoms with Crippen molar-refractivity contribution in [2.45, 2.75) is 46.5 Å². The van der Waals surface area contributed by atoms with Crippen molar-refractivity contribution in [2.24, 2.45) is 5.41 Å². The molecule has 1 atom stereocenters. The van der Waals surface area contributed by atoms with Gasteiger partial charge in [-0.2, -0.15) is 0 Å². The number of aryl methyl sites for hydroxylation is 2. The molecule has 0 spiro atoms. The average Bonchev–Trinajstić information content (AvgIpc) is 2.47. The van der Waals surface area contributed by atoms with Gasteiger partial charge in [0.15, 0.2) is 0 Å². The summed E-state index contributed by atoms with van der Waals surface area (Å²) in [6.07, 6.45) is 4.29. The highest BCUT2D eigenvalue weighted by Crippen LogP contribution is 2.34. The van der Waals surface area contributed by atoms with Crippen molar-refractivity contribution in [1.29, 1.82) is 0 Å². The summed E-state index contributed by atoms with van der Waals surface area (Å²) in [6.45, 7) is 8.72. The SMILES string of the molecule is CCc1nc(N2CCC[C@@](CC)(CO)C2)ccc1C. The first-order valence-electron chi connectivity index (χ1n) is 7.46. The van der Waals surface area contributed by atoms with Crippen molar-refractivity contribution in [3.8, 4) is 0 Å². The minimum absolute atomic E-state index is 0.0667. The lowest BCUT2D eigenvalue weighted by Crippen LogP contribution is -2.45. The van der Waals surface area contributed by atoms with Crippen LogP contribution < -0.4 is 4.90 Å². The summed E-state index contributed by atoms with van der Waals surface area (Å²) in [5.41, 5.74) is 2.53. The third-order valence-corrected chi connectivity index (χ3v) is 4.59. The Labute approximate surface area is 116 Å². The number of hydrogen-bond donors (Lipinski definition) is 1. The first-order chi connectivity index (χ1) is 9.14. The largest absolute Gasteiger partial charge is 0.396 e. The summed E-state index contributed by atoms with van der Waals surface area (Å²) in [5.74, 6) is 1.08. The van der Waals surface area contributed by atoms with E-state index in [1.807, 2.05) is 0 Å². The Hall–Kier alpha value is -1.09. The van der Waals surface area contributed by atoms with E-state index in [1.165, 1.54) is 11.3 Å². The van der Waals surface area contributed by atoms with Crippen molar-refractivity contribution in [3.63, 3.8) is 0 Å². The molecule has 0 amide bonds. The van der Waals surface area contributed by atoms with Crippen molar-refractivity contribution >= 4 is 5.82 Å². The average molecular weight is 262 g/mol. The highest BCUT2D eigenvalue weighted by atomic mass is 16.3. The van der Waals surface area contributed by atoms with Crippen LogP contribution in [0.4, 0.5) is 5.82 Å². The molecule has 0 aromatic carbocycles. The minimum Gasteiger partial charge on any atom is -0.396 e. The van der Waals surface area contributed by atoms with E-state index < -0.39 is 0 Å². The van der Waals surface area contributed by atoms with Gasteiger partial charge < -0.3 is 10.0 Å². The van der Waals surface area contributed by atoms with Crippen LogP contribution in [0.2, 0.25) is 0 Å². The van der Waals surface area contributed by atoms with Gasteiger partial charge in [0, 0.05) is 24.2 Å². The molecule has 2 rings (SSSR count). The zero-order valence-corrected chi connectivity index (χ0v) is 12.4. The van der Waals surface area contributed by atoms with Gasteiger partial charge in [-0.15, -0.1) is 0 Å². The molecule has 3 nitrogen and oxygen atoms in total. The number of aliphatic hydroxyl groups is 1. The number of aliphatic hydroxyl groups excluding tert-OH is 1. The molecule has 1 N–H and O–H groups in total. The predicted molar refractivity (Wildman–Crippen MR) is 79.6 cm³/mol. The van der Waals surface area contributed by atoms with Gasteiger partial charge in [0.1, 0.15) is 5.82 Å². The van der Waals surface area contributed by atoms with Crippen LogP contribution in [0.25, 0.3) is 0 Å². The van der Waals surface area contributed by atoms with E-state index in [4.69, 9.17) is 4.98 Å². The van der Waals surface area contributed by atoms with E-state index >= 15 is 0 Å². The molecule has 1 aliphatic rings. The lowest BCUT2D eigenvalue weighted by Gasteiger charge is -2.42. The van der Waals surface area contributed by atoms with Crippen LogP contribution in [-0.4, -0.2) is 29.8 Å². The second-order valence-electron chi connectivity index (χ2n) is 5.82. The van der Waals surface area contributed by atoms with Gasteiger partial charge in [0.2, 0.25) is 0 Å². The summed E-state index contributed by atoms with van der Waals surface area (Å²) in [4.78, 5) is 7.14. The summed E-state index contributed by atoms with van der Waals surface area (Å²) in [7, 11) is 0. The van der Waals surface area contributed by atoms with Crippen molar-refractivity contribution in [1.82, 2.24) is 4.98 Å².